The number of aryl methyl sites for hydroxylation is 2. The Balaban J connectivity index is 2.13. The van der Waals surface area contributed by atoms with E-state index in [1.165, 1.54) is 23.9 Å². The van der Waals surface area contributed by atoms with Crippen molar-refractivity contribution < 1.29 is 4.39 Å². The summed E-state index contributed by atoms with van der Waals surface area (Å²) in [6.45, 7) is 3.85. The smallest absolute Gasteiger partial charge is 0.188 e. The summed E-state index contributed by atoms with van der Waals surface area (Å²) in [5, 5.41) is 0.691. The summed E-state index contributed by atoms with van der Waals surface area (Å²) in [7, 11) is 0. The maximum absolute atomic E-state index is 13.1. The van der Waals surface area contributed by atoms with Gasteiger partial charge in [-0.1, -0.05) is 11.8 Å². The molecule has 0 unspecified atom stereocenters. The van der Waals surface area contributed by atoms with Gasteiger partial charge >= 0.3 is 0 Å². The molecule has 0 saturated heterocycles. The topological polar surface area (TPSA) is 51.8 Å². The number of hydrogen-bond acceptors (Lipinski definition) is 4. The Morgan fingerprint density at radius 2 is 1.83 bits per heavy atom. The van der Waals surface area contributed by atoms with Gasteiger partial charge in [0, 0.05) is 22.8 Å². The van der Waals surface area contributed by atoms with Crippen LogP contribution in [0.4, 0.5) is 10.1 Å². The number of nitrogens with zero attached hydrogens (tertiary/aromatic N) is 2. The minimum atomic E-state index is -0.277. The lowest BCUT2D eigenvalue weighted by atomic mass is 10.2. The second-order valence-electron chi connectivity index (χ2n) is 4.07. The fourth-order valence-electron chi connectivity index (χ4n) is 1.60. The van der Waals surface area contributed by atoms with E-state index in [1.54, 1.807) is 6.07 Å². The van der Waals surface area contributed by atoms with Crippen LogP contribution in [0.25, 0.3) is 0 Å². The zero-order chi connectivity index (χ0) is 13.1. The predicted molar refractivity (Wildman–Crippen MR) is 71.9 cm³/mol. The molecule has 0 bridgehead atoms. The van der Waals surface area contributed by atoms with Crippen LogP contribution < -0.4 is 5.73 Å². The van der Waals surface area contributed by atoms with Gasteiger partial charge in [-0.15, -0.1) is 0 Å². The van der Waals surface area contributed by atoms with Gasteiger partial charge in [0.25, 0.3) is 0 Å². The minimum absolute atomic E-state index is 0.277. The van der Waals surface area contributed by atoms with Crippen LogP contribution in [-0.2, 0) is 5.75 Å². The highest BCUT2D eigenvalue weighted by Crippen LogP contribution is 2.24. The van der Waals surface area contributed by atoms with Crippen LogP contribution in [0.1, 0.15) is 17.0 Å². The van der Waals surface area contributed by atoms with Crippen LogP contribution in [0.3, 0.4) is 0 Å². The quantitative estimate of drug-likeness (QED) is 0.525. The summed E-state index contributed by atoms with van der Waals surface area (Å²) in [6, 6.07) is 6.30. The van der Waals surface area contributed by atoms with Gasteiger partial charge in [0.2, 0.25) is 0 Å². The number of anilines is 1. The predicted octanol–water partition coefficient (Wildman–Crippen LogP) is 3.11. The first-order chi connectivity index (χ1) is 8.54. The largest absolute Gasteiger partial charge is 0.398 e. The third kappa shape index (κ3) is 3.20. The highest BCUT2D eigenvalue weighted by Gasteiger charge is 2.05. The van der Waals surface area contributed by atoms with Crippen molar-refractivity contribution in [3.05, 3.63) is 47.0 Å². The molecule has 1 aromatic carbocycles. The first kappa shape index (κ1) is 12.8. The van der Waals surface area contributed by atoms with Crippen molar-refractivity contribution in [3.8, 4) is 0 Å². The van der Waals surface area contributed by atoms with E-state index in [9.17, 15) is 4.39 Å². The number of rotatable bonds is 3. The van der Waals surface area contributed by atoms with Gasteiger partial charge in [0.15, 0.2) is 5.16 Å². The fraction of sp³-hybridized carbons (Fsp3) is 0.231. The van der Waals surface area contributed by atoms with Gasteiger partial charge in [-0.2, -0.15) is 0 Å². The van der Waals surface area contributed by atoms with Gasteiger partial charge in [-0.05, 0) is 43.7 Å². The number of benzene rings is 1. The van der Waals surface area contributed by atoms with Crippen molar-refractivity contribution in [3.63, 3.8) is 0 Å². The molecule has 2 rings (SSSR count). The lowest BCUT2D eigenvalue weighted by molar-refractivity contribution is 0.627. The molecule has 0 aliphatic carbocycles. The lowest BCUT2D eigenvalue weighted by Gasteiger charge is -2.06. The van der Waals surface area contributed by atoms with Crippen molar-refractivity contribution in [1.82, 2.24) is 9.97 Å². The van der Waals surface area contributed by atoms with Gasteiger partial charge in [-0.3, -0.25) is 0 Å². The summed E-state index contributed by atoms with van der Waals surface area (Å²) >= 11 is 1.46. The Morgan fingerprint density at radius 3 is 2.50 bits per heavy atom. The molecule has 0 aliphatic rings. The van der Waals surface area contributed by atoms with Crippen LogP contribution in [0.15, 0.2) is 29.4 Å². The first-order valence-corrected chi connectivity index (χ1v) is 6.52. The number of aromatic nitrogens is 2. The van der Waals surface area contributed by atoms with Crippen LogP contribution in [0.2, 0.25) is 0 Å². The Kier molecular flexibility index (Phi) is 3.81. The second kappa shape index (κ2) is 5.35. The van der Waals surface area contributed by atoms with E-state index >= 15 is 0 Å². The van der Waals surface area contributed by atoms with Crippen LogP contribution in [-0.4, -0.2) is 9.97 Å². The van der Waals surface area contributed by atoms with E-state index in [2.05, 4.69) is 9.97 Å². The van der Waals surface area contributed by atoms with Gasteiger partial charge in [0.1, 0.15) is 5.82 Å². The second-order valence-corrected chi connectivity index (χ2v) is 5.01. The summed E-state index contributed by atoms with van der Waals surface area (Å²) in [5.74, 6) is 0.285. The zero-order valence-electron chi connectivity index (χ0n) is 10.3. The molecule has 0 radical (unpaired) electrons. The van der Waals surface area contributed by atoms with Crippen molar-refractivity contribution in [2.24, 2.45) is 0 Å². The fourth-order valence-corrected chi connectivity index (χ4v) is 2.55. The third-order valence-corrected chi connectivity index (χ3v) is 3.32. The van der Waals surface area contributed by atoms with Gasteiger partial charge < -0.3 is 5.73 Å². The number of nitrogens with two attached hydrogens (primary N) is 1. The summed E-state index contributed by atoms with van der Waals surface area (Å²) in [6.07, 6.45) is 0. The average Bonchev–Trinajstić information content (AvgIpc) is 2.29. The molecule has 0 spiro atoms. The van der Waals surface area contributed by atoms with Crippen LogP contribution >= 0.6 is 11.8 Å². The molecule has 0 atom stereocenters. The molecule has 0 fully saturated rings. The van der Waals surface area contributed by atoms with Gasteiger partial charge in [0.05, 0.1) is 0 Å². The third-order valence-electron chi connectivity index (χ3n) is 2.42. The molecule has 2 aromatic rings. The summed E-state index contributed by atoms with van der Waals surface area (Å²) < 4.78 is 13.1. The van der Waals surface area contributed by atoms with Crippen molar-refractivity contribution in [1.29, 1.82) is 0 Å². The Hall–Kier alpha value is -1.62. The molecule has 1 aromatic heterocycles. The summed E-state index contributed by atoms with van der Waals surface area (Å²) in [5.41, 5.74) is 9.01. The molecule has 3 nitrogen and oxygen atoms in total. The lowest BCUT2D eigenvalue weighted by Crippen LogP contribution is -1.96. The van der Waals surface area contributed by atoms with E-state index in [0.717, 1.165) is 17.0 Å². The molecule has 94 valence electrons. The molecule has 2 N–H and O–H groups in total. The molecular weight excluding hydrogens is 249 g/mol. The monoisotopic (exact) mass is 263 g/mol. The SMILES string of the molecule is Cc1cc(C)nc(SCc2cc(F)ccc2N)n1. The molecule has 5 heteroatoms. The van der Waals surface area contributed by atoms with Crippen LogP contribution in [0, 0.1) is 19.7 Å². The average molecular weight is 263 g/mol. The molecule has 0 amide bonds. The highest BCUT2D eigenvalue weighted by molar-refractivity contribution is 7.98. The molecular formula is C13H14FN3S. The highest BCUT2D eigenvalue weighted by atomic mass is 32.2. The molecule has 1 heterocycles. The Morgan fingerprint density at radius 1 is 1.17 bits per heavy atom. The molecule has 0 aliphatic heterocycles. The Bertz CT molecular complexity index is 552. The van der Waals surface area contributed by atoms with E-state index < -0.39 is 0 Å². The summed E-state index contributed by atoms with van der Waals surface area (Å²) in [4.78, 5) is 8.64. The minimum Gasteiger partial charge on any atom is -0.398 e. The van der Waals surface area contributed by atoms with E-state index in [-0.39, 0.29) is 5.82 Å². The van der Waals surface area contributed by atoms with Crippen molar-refractivity contribution in [2.45, 2.75) is 24.8 Å². The molecule has 18 heavy (non-hydrogen) atoms. The number of hydrogen-bond donors (Lipinski definition) is 1. The normalized spacial score (nSPS) is 10.6. The first-order valence-electron chi connectivity index (χ1n) is 5.53. The van der Waals surface area contributed by atoms with Crippen molar-refractivity contribution in [2.75, 3.05) is 5.73 Å². The maximum Gasteiger partial charge on any atom is 0.188 e. The van der Waals surface area contributed by atoms with Gasteiger partial charge in [-0.25, -0.2) is 14.4 Å². The van der Waals surface area contributed by atoms with E-state index in [1.807, 2.05) is 19.9 Å². The van der Waals surface area contributed by atoms with E-state index in [4.69, 9.17) is 5.73 Å². The maximum atomic E-state index is 13.1. The molecule has 0 saturated carbocycles. The van der Waals surface area contributed by atoms with Crippen molar-refractivity contribution >= 4 is 17.4 Å². The van der Waals surface area contributed by atoms with Crippen LogP contribution in [0.5, 0.6) is 0 Å². The standard InChI is InChI=1S/C13H14FN3S/c1-8-5-9(2)17-13(16-8)18-7-10-6-11(14)3-4-12(10)15/h3-6H,7,15H2,1-2H3. The number of halogens is 1. The zero-order valence-corrected chi connectivity index (χ0v) is 11.1. The number of nitrogen functional groups attached to an aromatic ring is 1. The Labute approximate surface area is 110 Å². The number of thioether (sulfide) groups is 1. The van der Waals surface area contributed by atoms with E-state index in [0.29, 0.717) is 16.6 Å².